The van der Waals surface area contributed by atoms with Gasteiger partial charge in [-0.25, -0.2) is 21.1 Å². The predicted octanol–water partition coefficient (Wildman–Crippen LogP) is -0.0226. The van der Waals surface area contributed by atoms with Crippen LogP contribution in [0.2, 0.25) is 0 Å². The summed E-state index contributed by atoms with van der Waals surface area (Å²) in [5, 5.41) is 8.46. The summed E-state index contributed by atoms with van der Waals surface area (Å²) in [7, 11) is -5.35. The van der Waals surface area contributed by atoms with Crippen molar-refractivity contribution < 1.29 is 16.8 Å². The number of nitrogens with zero attached hydrogens (tertiary/aromatic N) is 3. The van der Waals surface area contributed by atoms with Crippen LogP contribution in [0.1, 0.15) is 25.7 Å². The Balaban J connectivity index is 2.36. The van der Waals surface area contributed by atoms with Gasteiger partial charge in [0.25, 0.3) is 0 Å². The first-order valence-corrected chi connectivity index (χ1v) is 9.80. The molecule has 0 atom stereocenters. The van der Waals surface area contributed by atoms with Gasteiger partial charge in [-0.15, -0.1) is 0 Å². The molecule has 9 heteroatoms. The molecule has 116 valence electrons. The van der Waals surface area contributed by atoms with Crippen molar-refractivity contribution in [1.82, 2.24) is 8.61 Å². The van der Waals surface area contributed by atoms with Crippen molar-refractivity contribution in [3.63, 3.8) is 0 Å². The van der Waals surface area contributed by atoms with E-state index in [1.807, 2.05) is 0 Å². The van der Waals surface area contributed by atoms with Crippen LogP contribution >= 0.6 is 0 Å². The van der Waals surface area contributed by atoms with Crippen molar-refractivity contribution >= 4 is 20.0 Å². The zero-order valence-electron chi connectivity index (χ0n) is 11.7. The van der Waals surface area contributed by atoms with Crippen LogP contribution in [-0.2, 0) is 20.0 Å². The minimum absolute atomic E-state index is 0.00944. The standard InChI is InChI=1S/C11H21N3O4S2/c1-13(9-6-12)19(15,16)10-4-5-11-20(17,18)14-7-2-3-8-14/h2-5,7-11H2,1H3. The topological polar surface area (TPSA) is 98.5 Å². The lowest BCUT2D eigenvalue weighted by Crippen LogP contribution is -2.31. The average molecular weight is 323 g/mol. The fourth-order valence-electron chi connectivity index (χ4n) is 2.02. The van der Waals surface area contributed by atoms with Gasteiger partial charge in [-0.1, -0.05) is 0 Å². The van der Waals surface area contributed by atoms with E-state index in [4.69, 9.17) is 5.26 Å². The molecule has 1 aliphatic heterocycles. The van der Waals surface area contributed by atoms with Crippen molar-refractivity contribution in [3.8, 4) is 6.07 Å². The smallest absolute Gasteiger partial charge is 0.212 e. The van der Waals surface area contributed by atoms with Gasteiger partial charge in [0.2, 0.25) is 20.0 Å². The number of nitriles is 1. The van der Waals surface area contributed by atoms with Gasteiger partial charge in [-0.2, -0.15) is 9.57 Å². The van der Waals surface area contributed by atoms with Crippen molar-refractivity contribution in [3.05, 3.63) is 0 Å². The van der Waals surface area contributed by atoms with Crippen molar-refractivity contribution in [1.29, 1.82) is 5.26 Å². The van der Waals surface area contributed by atoms with Crippen LogP contribution in [-0.4, -0.2) is 63.6 Å². The van der Waals surface area contributed by atoms with Gasteiger partial charge in [-0.3, -0.25) is 0 Å². The summed E-state index contributed by atoms with van der Waals surface area (Å²) >= 11 is 0. The normalized spacial score (nSPS) is 17.4. The number of hydrogen-bond donors (Lipinski definition) is 0. The van der Waals surface area contributed by atoms with Crippen molar-refractivity contribution in [2.24, 2.45) is 0 Å². The van der Waals surface area contributed by atoms with E-state index in [1.54, 1.807) is 6.07 Å². The molecule has 1 aliphatic rings. The van der Waals surface area contributed by atoms with E-state index < -0.39 is 20.0 Å². The first-order valence-electron chi connectivity index (χ1n) is 6.58. The van der Waals surface area contributed by atoms with Crippen LogP contribution < -0.4 is 0 Å². The lowest BCUT2D eigenvalue weighted by molar-refractivity contribution is 0.474. The number of sulfonamides is 2. The second-order valence-corrected chi connectivity index (χ2v) is 9.14. The van der Waals surface area contributed by atoms with Crippen molar-refractivity contribution in [2.45, 2.75) is 25.7 Å². The first-order chi connectivity index (χ1) is 9.29. The highest BCUT2D eigenvalue weighted by atomic mass is 32.2. The molecule has 0 bridgehead atoms. The molecule has 1 heterocycles. The molecule has 0 aromatic heterocycles. The highest BCUT2D eigenvalue weighted by Gasteiger charge is 2.25. The zero-order chi connectivity index (χ0) is 15.2. The minimum atomic E-state index is -3.46. The Morgan fingerprint density at radius 2 is 1.65 bits per heavy atom. The van der Waals surface area contributed by atoms with E-state index in [-0.39, 0.29) is 24.5 Å². The molecule has 7 nitrogen and oxygen atoms in total. The first kappa shape index (κ1) is 17.4. The summed E-state index contributed by atoms with van der Waals surface area (Å²) in [6, 6.07) is 1.77. The molecule has 0 spiro atoms. The van der Waals surface area contributed by atoms with Crippen molar-refractivity contribution in [2.75, 3.05) is 38.2 Å². The third-order valence-electron chi connectivity index (χ3n) is 3.28. The molecular formula is C11H21N3O4S2. The van der Waals surface area contributed by atoms with E-state index in [9.17, 15) is 16.8 Å². The van der Waals surface area contributed by atoms with Gasteiger partial charge >= 0.3 is 0 Å². The molecule has 0 aromatic rings. The predicted molar refractivity (Wildman–Crippen MR) is 75.9 cm³/mol. The van der Waals surface area contributed by atoms with E-state index in [1.165, 1.54) is 11.4 Å². The summed E-state index contributed by atoms with van der Waals surface area (Å²) in [5.74, 6) is -0.134. The van der Waals surface area contributed by atoms with Gasteiger partial charge in [0, 0.05) is 20.1 Å². The second-order valence-electron chi connectivity index (χ2n) is 4.86. The molecular weight excluding hydrogens is 302 g/mol. The van der Waals surface area contributed by atoms with Crippen LogP contribution in [0.4, 0.5) is 0 Å². The van der Waals surface area contributed by atoms with Gasteiger partial charge in [0.05, 0.1) is 17.6 Å². The quantitative estimate of drug-likeness (QED) is 0.462. The number of unbranched alkanes of at least 4 members (excludes halogenated alkanes) is 1. The Morgan fingerprint density at radius 1 is 1.10 bits per heavy atom. The molecule has 0 amide bonds. The summed E-state index contributed by atoms with van der Waals surface area (Å²) in [4.78, 5) is 0. The third-order valence-corrected chi connectivity index (χ3v) is 7.12. The lowest BCUT2D eigenvalue weighted by Gasteiger charge is -2.16. The van der Waals surface area contributed by atoms with Gasteiger partial charge < -0.3 is 0 Å². The van der Waals surface area contributed by atoms with E-state index >= 15 is 0 Å². The molecule has 1 fully saturated rings. The summed E-state index contributed by atoms with van der Waals surface area (Å²) in [6.07, 6.45) is 2.39. The monoisotopic (exact) mass is 323 g/mol. The minimum Gasteiger partial charge on any atom is -0.212 e. The maximum Gasteiger partial charge on any atom is 0.214 e. The van der Waals surface area contributed by atoms with Crippen LogP contribution in [0.5, 0.6) is 0 Å². The summed E-state index contributed by atoms with van der Waals surface area (Å²) in [5.41, 5.74) is 0. The molecule has 0 aliphatic carbocycles. The number of rotatable bonds is 8. The van der Waals surface area contributed by atoms with Crippen LogP contribution in [0.15, 0.2) is 0 Å². The Kier molecular flexibility index (Phi) is 6.39. The van der Waals surface area contributed by atoms with Gasteiger partial charge in [0.1, 0.15) is 6.54 Å². The average Bonchev–Trinajstić information content (AvgIpc) is 2.89. The Hall–Kier alpha value is -0.690. The van der Waals surface area contributed by atoms with E-state index in [2.05, 4.69) is 0 Å². The van der Waals surface area contributed by atoms with Gasteiger partial charge in [0.15, 0.2) is 0 Å². The Morgan fingerprint density at radius 3 is 2.20 bits per heavy atom. The fourth-order valence-corrected chi connectivity index (χ4v) is 4.79. The summed E-state index contributed by atoms with van der Waals surface area (Å²) in [6.45, 7) is 0.964. The maximum absolute atomic E-state index is 11.9. The highest BCUT2D eigenvalue weighted by molar-refractivity contribution is 7.89. The lowest BCUT2D eigenvalue weighted by atomic mass is 10.4. The molecule has 0 unspecified atom stereocenters. The zero-order valence-corrected chi connectivity index (χ0v) is 13.3. The molecule has 1 saturated heterocycles. The molecule has 0 N–H and O–H groups in total. The molecule has 0 saturated carbocycles. The third kappa shape index (κ3) is 5.01. The Labute approximate surface area is 121 Å². The molecule has 20 heavy (non-hydrogen) atoms. The van der Waals surface area contributed by atoms with E-state index in [0.29, 0.717) is 19.5 Å². The Bertz CT molecular complexity index is 545. The molecule has 0 radical (unpaired) electrons. The van der Waals surface area contributed by atoms with Crippen LogP contribution in [0.3, 0.4) is 0 Å². The largest absolute Gasteiger partial charge is 0.214 e. The van der Waals surface area contributed by atoms with Gasteiger partial charge in [-0.05, 0) is 25.7 Å². The SMILES string of the molecule is CN(CC#N)S(=O)(=O)CCCCS(=O)(=O)N1CCCC1. The van der Waals surface area contributed by atoms with Crippen LogP contribution in [0, 0.1) is 11.3 Å². The number of hydrogen-bond acceptors (Lipinski definition) is 5. The second kappa shape index (κ2) is 7.36. The van der Waals surface area contributed by atoms with E-state index in [0.717, 1.165) is 17.1 Å². The van der Waals surface area contributed by atoms with Crippen LogP contribution in [0.25, 0.3) is 0 Å². The fraction of sp³-hybridized carbons (Fsp3) is 0.909. The maximum atomic E-state index is 11.9. The summed E-state index contributed by atoms with van der Waals surface area (Å²) < 4.78 is 49.7. The molecule has 1 rings (SSSR count). The molecule has 0 aromatic carbocycles. The highest BCUT2D eigenvalue weighted by Crippen LogP contribution is 2.14.